The van der Waals surface area contributed by atoms with Gasteiger partial charge in [-0.25, -0.2) is 4.39 Å². The van der Waals surface area contributed by atoms with Crippen molar-refractivity contribution in [2.45, 2.75) is 44.8 Å². The van der Waals surface area contributed by atoms with E-state index in [4.69, 9.17) is 4.74 Å². The molecule has 1 atom stereocenters. The molecule has 0 bridgehead atoms. The molecule has 0 aromatic heterocycles. The fourth-order valence-corrected chi connectivity index (χ4v) is 5.93. The summed E-state index contributed by atoms with van der Waals surface area (Å²) in [6.07, 6.45) is 6.10. The van der Waals surface area contributed by atoms with Gasteiger partial charge in [0.2, 0.25) is 0 Å². The van der Waals surface area contributed by atoms with Crippen LogP contribution in [0.3, 0.4) is 0 Å². The summed E-state index contributed by atoms with van der Waals surface area (Å²) in [6.45, 7) is 5.93. The monoisotopic (exact) mass is 543 g/mol. The Morgan fingerprint density at radius 2 is 1.62 bits per heavy atom. The lowest BCUT2D eigenvalue weighted by Gasteiger charge is -2.32. The standard InChI is InChI=1S/C30H34FN3O.2ClH/c31-25-11-14-29-30(20-25)35-22-24-6-1-2-8-28(24)34(29)21-27-7-5-18-33(27)19-15-23-9-12-26(13-10-23)32-16-3-4-17-32;;/h1-2,6,8-14,20,27H,3-5,7,15-19,21-22H2;2*1H/t27-;;/m1../s1. The van der Waals surface area contributed by atoms with Crippen LogP contribution in [0.15, 0.2) is 66.7 Å². The third-order valence-corrected chi connectivity index (χ3v) is 7.87. The minimum atomic E-state index is -0.257. The average Bonchev–Trinajstić information content (AvgIpc) is 3.55. The number of para-hydroxylation sites is 1. The first-order valence-electron chi connectivity index (χ1n) is 13.1. The number of likely N-dealkylation sites (tertiary alicyclic amines) is 1. The Hall–Kier alpha value is -2.47. The number of benzene rings is 3. The molecule has 2 fully saturated rings. The van der Waals surface area contributed by atoms with Gasteiger partial charge in [0.15, 0.2) is 0 Å². The van der Waals surface area contributed by atoms with Crippen molar-refractivity contribution in [3.63, 3.8) is 0 Å². The molecule has 0 unspecified atom stereocenters. The highest BCUT2D eigenvalue weighted by Crippen LogP contribution is 2.40. The molecule has 0 saturated carbocycles. The van der Waals surface area contributed by atoms with Gasteiger partial charge in [-0.05, 0) is 74.5 Å². The fourth-order valence-electron chi connectivity index (χ4n) is 5.93. The molecular weight excluding hydrogens is 508 g/mol. The van der Waals surface area contributed by atoms with E-state index >= 15 is 0 Å². The summed E-state index contributed by atoms with van der Waals surface area (Å²) in [5.41, 5.74) is 6.05. The van der Waals surface area contributed by atoms with Crippen molar-refractivity contribution in [2.75, 3.05) is 42.5 Å². The number of hydrogen-bond acceptors (Lipinski definition) is 4. The van der Waals surface area contributed by atoms with Crippen LogP contribution in [0, 0.1) is 5.82 Å². The van der Waals surface area contributed by atoms with E-state index in [2.05, 4.69) is 57.2 Å². The van der Waals surface area contributed by atoms with E-state index in [-0.39, 0.29) is 30.6 Å². The number of halogens is 3. The van der Waals surface area contributed by atoms with Crippen molar-refractivity contribution in [2.24, 2.45) is 0 Å². The molecule has 4 nitrogen and oxygen atoms in total. The Kier molecular flexibility index (Phi) is 9.22. The molecule has 6 rings (SSSR count). The SMILES string of the molecule is Cl.Cl.Fc1ccc2c(c1)OCc1ccccc1N2C[C@H]1CCCN1CCc1ccc(N2CCCC2)cc1. The van der Waals surface area contributed by atoms with E-state index in [0.29, 0.717) is 18.4 Å². The van der Waals surface area contributed by atoms with Gasteiger partial charge in [0, 0.05) is 55.2 Å². The van der Waals surface area contributed by atoms with Crippen LogP contribution in [0.2, 0.25) is 0 Å². The summed E-state index contributed by atoms with van der Waals surface area (Å²) in [6, 6.07) is 23.0. The molecule has 198 valence electrons. The molecule has 0 amide bonds. The molecule has 3 heterocycles. The van der Waals surface area contributed by atoms with Crippen LogP contribution in [0.1, 0.15) is 36.8 Å². The van der Waals surface area contributed by atoms with E-state index in [1.807, 2.05) is 12.1 Å². The summed E-state index contributed by atoms with van der Waals surface area (Å²) in [5.74, 6) is 0.372. The Morgan fingerprint density at radius 3 is 2.43 bits per heavy atom. The van der Waals surface area contributed by atoms with Crippen molar-refractivity contribution >= 4 is 41.9 Å². The summed E-state index contributed by atoms with van der Waals surface area (Å²) in [7, 11) is 0. The highest BCUT2D eigenvalue weighted by Gasteiger charge is 2.30. The van der Waals surface area contributed by atoms with E-state index in [9.17, 15) is 4.39 Å². The minimum absolute atomic E-state index is 0. The molecular formula is C30H36Cl2FN3O. The maximum absolute atomic E-state index is 14.0. The molecule has 0 N–H and O–H groups in total. The Morgan fingerprint density at radius 1 is 0.838 bits per heavy atom. The number of hydrogen-bond donors (Lipinski definition) is 0. The van der Waals surface area contributed by atoms with Gasteiger partial charge in [-0.15, -0.1) is 24.8 Å². The van der Waals surface area contributed by atoms with E-state index in [1.165, 1.54) is 61.8 Å². The van der Waals surface area contributed by atoms with Gasteiger partial charge in [0.05, 0.1) is 5.69 Å². The third kappa shape index (κ3) is 6.00. The van der Waals surface area contributed by atoms with Gasteiger partial charge in [-0.2, -0.15) is 0 Å². The van der Waals surface area contributed by atoms with Crippen LogP contribution in [-0.4, -0.2) is 43.7 Å². The average molecular weight is 545 g/mol. The van der Waals surface area contributed by atoms with E-state index in [1.54, 1.807) is 6.07 Å². The van der Waals surface area contributed by atoms with Crippen molar-refractivity contribution in [3.8, 4) is 5.75 Å². The number of anilines is 3. The molecule has 37 heavy (non-hydrogen) atoms. The zero-order valence-corrected chi connectivity index (χ0v) is 22.8. The van der Waals surface area contributed by atoms with Crippen LogP contribution in [0.4, 0.5) is 21.5 Å². The molecule has 0 aliphatic carbocycles. The van der Waals surface area contributed by atoms with Crippen LogP contribution in [-0.2, 0) is 13.0 Å². The lowest BCUT2D eigenvalue weighted by atomic mass is 10.1. The highest BCUT2D eigenvalue weighted by atomic mass is 35.5. The fraction of sp³-hybridized carbons (Fsp3) is 0.400. The van der Waals surface area contributed by atoms with Crippen LogP contribution >= 0.6 is 24.8 Å². The quantitative estimate of drug-likeness (QED) is 0.333. The van der Waals surface area contributed by atoms with Gasteiger partial charge < -0.3 is 14.5 Å². The smallest absolute Gasteiger partial charge is 0.146 e. The molecule has 2 saturated heterocycles. The van der Waals surface area contributed by atoms with Crippen molar-refractivity contribution < 1.29 is 9.13 Å². The van der Waals surface area contributed by atoms with E-state index < -0.39 is 0 Å². The molecule has 3 aliphatic heterocycles. The number of nitrogens with zero attached hydrogens (tertiary/aromatic N) is 3. The van der Waals surface area contributed by atoms with Crippen molar-refractivity contribution in [3.05, 3.63) is 83.7 Å². The second-order valence-corrected chi connectivity index (χ2v) is 10.1. The number of fused-ring (bicyclic) bond motifs is 2. The van der Waals surface area contributed by atoms with Gasteiger partial charge in [-0.1, -0.05) is 30.3 Å². The Labute approximate surface area is 232 Å². The van der Waals surface area contributed by atoms with Crippen LogP contribution in [0.25, 0.3) is 0 Å². The molecule has 3 aromatic carbocycles. The zero-order valence-electron chi connectivity index (χ0n) is 21.2. The first-order valence-corrected chi connectivity index (χ1v) is 13.1. The summed E-state index contributed by atoms with van der Waals surface area (Å²) in [4.78, 5) is 7.49. The first-order chi connectivity index (χ1) is 17.2. The minimum Gasteiger partial charge on any atom is -0.487 e. The largest absolute Gasteiger partial charge is 0.487 e. The van der Waals surface area contributed by atoms with Gasteiger partial charge in [0.25, 0.3) is 0 Å². The Bertz CT molecular complexity index is 1170. The predicted molar refractivity (Wildman–Crippen MR) is 155 cm³/mol. The molecule has 7 heteroatoms. The molecule has 0 spiro atoms. The molecule has 0 radical (unpaired) electrons. The molecule has 3 aromatic rings. The lowest BCUT2D eigenvalue weighted by Crippen LogP contribution is -2.39. The van der Waals surface area contributed by atoms with Crippen LogP contribution < -0.4 is 14.5 Å². The number of rotatable bonds is 6. The predicted octanol–water partition coefficient (Wildman–Crippen LogP) is 7.01. The summed E-state index contributed by atoms with van der Waals surface area (Å²) < 4.78 is 20.0. The maximum atomic E-state index is 14.0. The third-order valence-electron chi connectivity index (χ3n) is 7.87. The second-order valence-electron chi connectivity index (χ2n) is 10.1. The summed E-state index contributed by atoms with van der Waals surface area (Å²) >= 11 is 0. The lowest BCUT2D eigenvalue weighted by molar-refractivity contribution is 0.261. The van der Waals surface area contributed by atoms with Gasteiger partial charge in [0.1, 0.15) is 18.2 Å². The number of ether oxygens (including phenoxy) is 1. The zero-order chi connectivity index (χ0) is 23.6. The topological polar surface area (TPSA) is 19.0 Å². The molecule has 3 aliphatic rings. The normalized spacial score (nSPS) is 18.8. The Balaban J connectivity index is 0.00000160. The van der Waals surface area contributed by atoms with Crippen molar-refractivity contribution in [1.29, 1.82) is 0 Å². The first kappa shape index (κ1) is 27.6. The van der Waals surface area contributed by atoms with E-state index in [0.717, 1.165) is 37.3 Å². The highest BCUT2D eigenvalue weighted by molar-refractivity contribution is 5.85. The van der Waals surface area contributed by atoms with Gasteiger partial charge >= 0.3 is 0 Å². The summed E-state index contributed by atoms with van der Waals surface area (Å²) in [5, 5.41) is 0. The second kappa shape index (κ2) is 12.4. The van der Waals surface area contributed by atoms with Gasteiger partial charge in [-0.3, -0.25) is 4.90 Å². The van der Waals surface area contributed by atoms with Crippen molar-refractivity contribution in [1.82, 2.24) is 4.90 Å². The maximum Gasteiger partial charge on any atom is 0.146 e. The van der Waals surface area contributed by atoms with Crippen LogP contribution in [0.5, 0.6) is 5.75 Å².